The van der Waals surface area contributed by atoms with Gasteiger partial charge in [-0.3, -0.25) is 4.79 Å². The summed E-state index contributed by atoms with van der Waals surface area (Å²) in [7, 11) is 1.54. The van der Waals surface area contributed by atoms with E-state index in [1.165, 1.54) is 6.08 Å². The Hall–Kier alpha value is -3.59. The van der Waals surface area contributed by atoms with Crippen molar-refractivity contribution < 1.29 is 28.3 Å². The fourth-order valence-corrected chi connectivity index (χ4v) is 4.31. The lowest BCUT2D eigenvalue weighted by atomic mass is 10.0. The molecule has 35 heavy (non-hydrogen) atoms. The van der Waals surface area contributed by atoms with Crippen LogP contribution in [0.2, 0.25) is 0 Å². The van der Waals surface area contributed by atoms with Crippen molar-refractivity contribution in [2.24, 2.45) is 5.92 Å². The van der Waals surface area contributed by atoms with E-state index in [9.17, 15) is 9.59 Å². The van der Waals surface area contributed by atoms with E-state index in [1.807, 2.05) is 45.2 Å². The van der Waals surface area contributed by atoms with Crippen LogP contribution in [0.25, 0.3) is 6.08 Å². The Kier molecular flexibility index (Phi) is 9.08. The Bertz CT molecular complexity index is 1150. The summed E-state index contributed by atoms with van der Waals surface area (Å²) >= 11 is 1.58. The van der Waals surface area contributed by atoms with E-state index in [-0.39, 0.29) is 24.5 Å². The molecule has 2 aromatic heterocycles. The van der Waals surface area contributed by atoms with Crippen molar-refractivity contribution in [3.8, 4) is 11.5 Å². The fraction of sp³-hybridized carbons (Fsp3) is 0.346. The molecule has 1 atom stereocenters. The number of rotatable bonds is 11. The molecule has 0 aliphatic carbocycles. The minimum Gasteiger partial charge on any atom is -0.493 e. The number of carbonyl (C=O) groups excluding carboxylic acids is 2. The number of methoxy groups -OCH3 is 1. The van der Waals surface area contributed by atoms with Crippen molar-refractivity contribution in [3.05, 3.63) is 69.2 Å². The summed E-state index contributed by atoms with van der Waals surface area (Å²) in [6.45, 7) is 7.69. The van der Waals surface area contributed by atoms with Gasteiger partial charge in [0.15, 0.2) is 18.1 Å². The Morgan fingerprint density at radius 2 is 2.00 bits per heavy atom. The second-order valence-corrected chi connectivity index (χ2v) is 9.23. The van der Waals surface area contributed by atoms with Crippen molar-refractivity contribution in [2.45, 2.75) is 40.3 Å². The van der Waals surface area contributed by atoms with Crippen molar-refractivity contribution in [1.29, 1.82) is 0 Å². The number of esters is 1. The number of aryl methyl sites for hydroxylation is 2. The fourth-order valence-electron chi connectivity index (χ4n) is 3.36. The van der Waals surface area contributed by atoms with E-state index in [0.29, 0.717) is 29.4 Å². The molecule has 186 valence electrons. The van der Waals surface area contributed by atoms with Gasteiger partial charge in [-0.2, -0.15) is 0 Å². The van der Waals surface area contributed by atoms with Gasteiger partial charge in [-0.1, -0.05) is 31.1 Å². The van der Waals surface area contributed by atoms with Crippen molar-refractivity contribution in [1.82, 2.24) is 10.5 Å². The lowest BCUT2D eigenvalue weighted by Gasteiger charge is -2.21. The van der Waals surface area contributed by atoms with Crippen LogP contribution in [0, 0.1) is 19.8 Å². The number of nitrogens with zero attached hydrogens (tertiary/aromatic N) is 1. The molecule has 2 heterocycles. The second-order valence-electron chi connectivity index (χ2n) is 8.25. The van der Waals surface area contributed by atoms with E-state index < -0.39 is 5.97 Å². The predicted molar refractivity (Wildman–Crippen MR) is 133 cm³/mol. The number of hydrogen-bond acceptors (Lipinski definition) is 8. The monoisotopic (exact) mass is 498 g/mol. The van der Waals surface area contributed by atoms with Crippen molar-refractivity contribution in [3.63, 3.8) is 0 Å². The molecule has 0 saturated heterocycles. The molecule has 0 bridgehead atoms. The molecular weight excluding hydrogens is 468 g/mol. The third-order valence-corrected chi connectivity index (χ3v) is 6.29. The zero-order valence-electron chi connectivity index (χ0n) is 20.5. The smallest absolute Gasteiger partial charge is 0.331 e. The molecule has 0 radical (unpaired) electrons. The van der Waals surface area contributed by atoms with Crippen LogP contribution < -0.4 is 14.8 Å². The Balaban J connectivity index is 1.53. The van der Waals surface area contributed by atoms with Crippen LogP contribution in [0.3, 0.4) is 0 Å². The lowest BCUT2D eigenvalue weighted by molar-refractivity contribution is -0.144. The van der Waals surface area contributed by atoms with Gasteiger partial charge in [0.2, 0.25) is 0 Å². The summed E-state index contributed by atoms with van der Waals surface area (Å²) in [5, 5.41) is 8.82. The van der Waals surface area contributed by atoms with Crippen LogP contribution in [0.4, 0.5) is 0 Å². The lowest BCUT2D eigenvalue weighted by Crippen LogP contribution is -2.34. The predicted octanol–water partition coefficient (Wildman–Crippen LogP) is 5.01. The molecule has 1 aromatic carbocycles. The van der Waals surface area contributed by atoms with Gasteiger partial charge in [-0.05, 0) is 55.0 Å². The van der Waals surface area contributed by atoms with E-state index in [1.54, 1.807) is 42.7 Å². The molecule has 3 aromatic rings. The number of aromatic nitrogens is 1. The molecule has 3 rings (SSSR count). The number of hydrogen-bond donors (Lipinski definition) is 1. The van der Waals surface area contributed by atoms with Crippen LogP contribution in [-0.4, -0.2) is 30.7 Å². The molecule has 1 N–H and O–H groups in total. The number of amides is 1. The van der Waals surface area contributed by atoms with Gasteiger partial charge in [0, 0.05) is 11.0 Å². The van der Waals surface area contributed by atoms with E-state index in [2.05, 4.69) is 10.5 Å². The largest absolute Gasteiger partial charge is 0.493 e. The zero-order valence-corrected chi connectivity index (χ0v) is 21.3. The summed E-state index contributed by atoms with van der Waals surface area (Å²) in [4.78, 5) is 25.5. The molecule has 0 aliphatic heterocycles. The van der Waals surface area contributed by atoms with E-state index in [4.69, 9.17) is 18.7 Å². The highest BCUT2D eigenvalue weighted by Gasteiger charge is 2.19. The highest BCUT2D eigenvalue weighted by Crippen LogP contribution is 2.30. The minimum atomic E-state index is -0.616. The molecule has 0 spiro atoms. The van der Waals surface area contributed by atoms with Gasteiger partial charge in [-0.25, -0.2) is 4.79 Å². The topological polar surface area (TPSA) is 99.9 Å². The summed E-state index contributed by atoms with van der Waals surface area (Å²) in [5.74, 6) is 1.02. The molecule has 9 heteroatoms. The number of ether oxygens (including phenoxy) is 3. The molecule has 1 amide bonds. The standard InChI is InChI=1S/C26H30N2O6S/c1-16(2)26(23-7-6-12-35-23)27-24(29)15-33-25(30)11-9-19-8-10-21(22(13-19)31-5)32-14-20-17(3)28-34-18(20)4/h6-13,16,26H,14-15H2,1-5H3,(H,27,29). The molecule has 0 aliphatic rings. The Morgan fingerprint density at radius 3 is 2.63 bits per heavy atom. The highest BCUT2D eigenvalue weighted by atomic mass is 32.1. The van der Waals surface area contributed by atoms with Gasteiger partial charge in [0.05, 0.1) is 24.4 Å². The van der Waals surface area contributed by atoms with E-state index >= 15 is 0 Å². The summed E-state index contributed by atoms with van der Waals surface area (Å²) in [6, 6.07) is 9.09. The number of nitrogens with one attached hydrogen (secondary N) is 1. The average Bonchev–Trinajstić information content (AvgIpc) is 3.48. The Morgan fingerprint density at radius 1 is 1.20 bits per heavy atom. The maximum absolute atomic E-state index is 12.3. The summed E-state index contributed by atoms with van der Waals surface area (Å²) in [5.41, 5.74) is 2.38. The number of benzene rings is 1. The molecule has 0 saturated carbocycles. The molecule has 1 unspecified atom stereocenters. The van der Waals surface area contributed by atoms with Gasteiger partial charge < -0.3 is 24.1 Å². The first kappa shape index (κ1) is 26.0. The minimum absolute atomic E-state index is 0.123. The van der Waals surface area contributed by atoms with Crippen LogP contribution in [0.1, 0.15) is 47.3 Å². The van der Waals surface area contributed by atoms with Crippen LogP contribution in [0.5, 0.6) is 11.5 Å². The summed E-state index contributed by atoms with van der Waals surface area (Å²) < 4.78 is 21.5. The van der Waals surface area contributed by atoms with E-state index in [0.717, 1.165) is 16.1 Å². The average molecular weight is 499 g/mol. The molecule has 0 fully saturated rings. The van der Waals surface area contributed by atoms with Crippen LogP contribution >= 0.6 is 11.3 Å². The zero-order chi connectivity index (χ0) is 25.4. The first-order valence-corrected chi connectivity index (χ1v) is 12.1. The van der Waals surface area contributed by atoms with Gasteiger partial charge in [-0.15, -0.1) is 11.3 Å². The molecule has 8 nitrogen and oxygen atoms in total. The van der Waals surface area contributed by atoms with Crippen molar-refractivity contribution in [2.75, 3.05) is 13.7 Å². The van der Waals surface area contributed by atoms with Gasteiger partial charge in [0.1, 0.15) is 12.4 Å². The van der Waals surface area contributed by atoms with Crippen molar-refractivity contribution >= 4 is 29.3 Å². The van der Waals surface area contributed by atoms with Gasteiger partial charge >= 0.3 is 5.97 Å². The maximum atomic E-state index is 12.3. The first-order valence-electron chi connectivity index (χ1n) is 11.2. The quantitative estimate of drug-likeness (QED) is 0.293. The van der Waals surface area contributed by atoms with Gasteiger partial charge in [0.25, 0.3) is 5.91 Å². The number of thiophene rings is 1. The first-order chi connectivity index (χ1) is 16.8. The molecular formula is C26H30N2O6S. The highest BCUT2D eigenvalue weighted by molar-refractivity contribution is 7.10. The normalized spacial score (nSPS) is 12.1. The van der Waals surface area contributed by atoms with Crippen LogP contribution in [0.15, 0.2) is 46.3 Å². The van der Waals surface area contributed by atoms with Crippen LogP contribution in [-0.2, 0) is 20.9 Å². The number of carbonyl (C=O) groups is 2. The third kappa shape index (κ3) is 7.19. The Labute approximate surface area is 208 Å². The second kappa shape index (κ2) is 12.2. The summed E-state index contributed by atoms with van der Waals surface area (Å²) in [6.07, 6.45) is 2.86. The SMILES string of the molecule is COc1cc(C=CC(=O)OCC(=O)NC(c2cccs2)C(C)C)ccc1OCc1c(C)noc1C. The maximum Gasteiger partial charge on any atom is 0.331 e. The third-order valence-electron chi connectivity index (χ3n) is 5.33.